The van der Waals surface area contributed by atoms with Crippen LogP contribution in [-0.2, 0) is 17.9 Å². The van der Waals surface area contributed by atoms with Crippen LogP contribution in [0.25, 0.3) is 0 Å². The molecule has 0 saturated carbocycles. The van der Waals surface area contributed by atoms with Crippen LogP contribution in [0.5, 0.6) is 0 Å². The summed E-state index contributed by atoms with van der Waals surface area (Å²) < 4.78 is 31.0. The summed E-state index contributed by atoms with van der Waals surface area (Å²) in [4.78, 5) is 0. The molecule has 0 aromatic heterocycles. The van der Waals surface area contributed by atoms with Gasteiger partial charge in [-0.15, -0.1) is 0 Å². The van der Waals surface area contributed by atoms with Gasteiger partial charge in [-0.05, 0) is 23.3 Å². The number of hydrogen-bond acceptors (Lipinski definition) is 2. The molecule has 0 spiro atoms. The smallest absolute Gasteiger partial charge is 0.160 e. The predicted molar refractivity (Wildman–Crippen MR) is 70.8 cm³/mol. The van der Waals surface area contributed by atoms with Crippen molar-refractivity contribution in [2.24, 2.45) is 0 Å². The molecule has 0 unspecified atom stereocenters. The average Bonchev–Trinajstić information content (AvgIpc) is 2.42. The Morgan fingerprint density at radius 3 is 2.42 bits per heavy atom. The number of methoxy groups -OCH3 is 1. The summed E-state index contributed by atoms with van der Waals surface area (Å²) in [6.07, 6.45) is 0. The van der Waals surface area contributed by atoms with Crippen molar-refractivity contribution >= 4 is 5.69 Å². The fourth-order valence-electron chi connectivity index (χ4n) is 1.83. The molecule has 1 N–H and O–H groups in total. The second-order valence-electron chi connectivity index (χ2n) is 4.18. The van der Waals surface area contributed by atoms with Crippen LogP contribution < -0.4 is 5.32 Å². The fourth-order valence-corrected chi connectivity index (χ4v) is 1.83. The zero-order chi connectivity index (χ0) is 13.7. The molecule has 0 bridgehead atoms. The lowest BCUT2D eigenvalue weighted by Gasteiger charge is -2.11. The molecular formula is C15H15F2NO. The minimum Gasteiger partial charge on any atom is -0.381 e. The lowest BCUT2D eigenvalue weighted by molar-refractivity contribution is 0.184. The molecule has 0 aliphatic heterocycles. The highest BCUT2D eigenvalue weighted by molar-refractivity contribution is 5.44. The van der Waals surface area contributed by atoms with Crippen LogP contribution in [0.4, 0.5) is 14.5 Å². The molecule has 0 heterocycles. The predicted octanol–water partition coefficient (Wildman–Crippen LogP) is 3.72. The lowest BCUT2D eigenvalue weighted by atomic mass is 10.1. The van der Waals surface area contributed by atoms with Gasteiger partial charge in [0.1, 0.15) is 0 Å². The second-order valence-corrected chi connectivity index (χ2v) is 4.18. The van der Waals surface area contributed by atoms with Gasteiger partial charge in [0, 0.05) is 25.4 Å². The minimum atomic E-state index is -0.852. The molecule has 0 saturated heterocycles. The fraction of sp³-hybridized carbons (Fsp3) is 0.200. The van der Waals surface area contributed by atoms with Crippen molar-refractivity contribution in [2.75, 3.05) is 12.4 Å². The number of nitrogens with one attached hydrogen (secondary N) is 1. The van der Waals surface area contributed by atoms with Gasteiger partial charge in [0.2, 0.25) is 0 Å². The largest absolute Gasteiger partial charge is 0.381 e. The first kappa shape index (κ1) is 13.5. The molecule has 4 heteroatoms. The monoisotopic (exact) mass is 263 g/mol. The third kappa shape index (κ3) is 3.51. The van der Waals surface area contributed by atoms with E-state index >= 15 is 0 Å². The van der Waals surface area contributed by atoms with Crippen LogP contribution in [0.15, 0.2) is 42.5 Å². The van der Waals surface area contributed by atoms with E-state index in [-0.39, 0.29) is 0 Å². The lowest BCUT2D eigenvalue weighted by Crippen LogP contribution is -2.04. The third-order valence-corrected chi connectivity index (χ3v) is 2.82. The zero-order valence-electron chi connectivity index (χ0n) is 10.6. The summed E-state index contributed by atoms with van der Waals surface area (Å²) in [7, 11) is 1.64. The third-order valence-electron chi connectivity index (χ3n) is 2.82. The maximum Gasteiger partial charge on any atom is 0.160 e. The van der Waals surface area contributed by atoms with Gasteiger partial charge in [-0.1, -0.05) is 24.3 Å². The van der Waals surface area contributed by atoms with Gasteiger partial charge >= 0.3 is 0 Å². The highest BCUT2D eigenvalue weighted by atomic mass is 19.2. The van der Waals surface area contributed by atoms with E-state index in [2.05, 4.69) is 5.32 Å². The second kappa shape index (κ2) is 6.29. The highest BCUT2D eigenvalue weighted by Crippen LogP contribution is 2.16. The van der Waals surface area contributed by atoms with Crippen molar-refractivity contribution in [3.8, 4) is 0 Å². The summed E-state index contributed by atoms with van der Waals surface area (Å²) in [5, 5.41) is 3.07. The first-order valence-corrected chi connectivity index (χ1v) is 5.95. The molecule has 0 aliphatic carbocycles. The number of anilines is 1. The van der Waals surface area contributed by atoms with Crippen molar-refractivity contribution < 1.29 is 13.5 Å². The highest BCUT2D eigenvalue weighted by Gasteiger charge is 2.04. The topological polar surface area (TPSA) is 21.3 Å². The van der Waals surface area contributed by atoms with E-state index in [1.807, 2.05) is 24.3 Å². The maximum atomic E-state index is 13.1. The Morgan fingerprint density at radius 1 is 1.00 bits per heavy atom. The first-order chi connectivity index (χ1) is 9.20. The van der Waals surface area contributed by atoms with Crippen molar-refractivity contribution in [3.63, 3.8) is 0 Å². The Balaban J connectivity index is 2.07. The number of ether oxygens (including phenoxy) is 1. The van der Waals surface area contributed by atoms with Gasteiger partial charge in [-0.25, -0.2) is 8.78 Å². The first-order valence-electron chi connectivity index (χ1n) is 5.95. The summed E-state index contributed by atoms with van der Waals surface area (Å²) >= 11 is 0. The molecule has 0 atom stereocenters. The van der Waals surface area contributed by atoms with Crippen LogP contribution in [0.1, 0.15) is 11.1 Å². The molecule has 19 heavy (non-hydrogen) atoms. The minimum absolute atomic E-state index is 0.523. The average molecular weight is 263 g/mol. The molecular weight excluding hydrogens is 248 g/mol. The van der Waals surface area contributed by atoms with Gasteiger partial charge in [-0.3, -0.25) is 0 Å². The Hall–Kier alpha value is -1.94. The van der Waals surface area contributed by atoms with Crippen LogP contribution >= 0.6 is 0 Å². The molecule has 2 aromatic carbocycles. The maximum absolute atomic E-state index is 13.1. The van der Waals surface area contributed by atoms with Crippen LogP contribution in [-0.4, -0.2) is 7.11 Å². The summed E-state index contributed by atoms with van der Waals surface area (Å²) in [5.41, 5.74) is 2.68. The number of rotatable bonds is 5. The molecule has 0 radical (unpaired) electrons. The normalized spacial score (nSPS) is 10.5. The Bertz CT molecular complexity index is 558. The van der Waals surface area contributed by atoms with Crippen molar-refractivity contribution in [3.05, 3.63) is 65.2 Å². The van der Waals surface area contributed by atoms with E-state index in [4.69, 9.17) is 4.74 Å². The van der Waals surface area contributed by atoms with E-state index in [0.717, 1.165) is 23.3 Å². The standard InChI is InChI=1S/C15H15F2NO/c1-19-10-12-5-3-2-4-11(12)9-18-13-6-7-14(16)15(17)8-13/h2-8,18H,9-10H2,1H3. The van der Waals surface area contributed by atoms with E-state index in [0.29, 0.717) is 18.8 Å². The van der Waals surface area contributed by atoms with Crippen molar-refractivity contribution in [1.82, 2.24) is 0 Å². The molecule has 0 aliphatic rings. The SMILES string of the molecule is COCc1ccccc1CNc1ccc(F)c(F)c1. The summed E-state index contributed by atoms with van der Waals surface area (Å²) in [5.74, 6) is -1.69. The number of halogens is 2. The summed E-state index contributed by atoms with van der Waals surface area (Å²) in [6, 6.07) is 11.6. The molecule has 100 valence electrons. The van der Waals surface area contributed by atoms with E-state index in [1.165, 1.54) is 6.07 Å². The summed E-state index contributed by atoms with van der Waals surface area (Å²) in [6.45, 7) is 1.06. The zero-order valence-corrected chi connectivity index (χ0v) is 10.6. The van der Waals surface area contributed by atoms with Gasteiger partial charge in [0.15, 0.2) is 11.6 Å². The van der Waals surface area contributed by atoms with Crippen molar-refractivity contribution in [1.29, 1.82) is 0 Å². The number of benzene rings is 2. The quantitative estimate of drug-likeness (QED) is 0.887. The molecule has 0 amide bonds. The van der Waals surface area contributed by atoms with Crippen LogP contribution in [0, 0.1) is 11.6 Å². The number of hydrogen-bond donors (Lipinski definition) is 1. The van der Waals surface area contributed by atoms with Crippen molar-refractivity contribution in [2.45, 2.75) is 13.2 Å². The Kier molecular flexibility index (Phi) is 4.47. The van der Waals surface area contributed by atoms with Gasteiger partial charge < -0.3 is 10.1 Å². The molecule has 2 nitrogen and oxygen atoms in total. The van der Waals surface area contributed by atoms with E-state index in [1.54, 1.807) is 7.11 Å². The Labute approximate surface area is 111 Å². The molecule has 2 aromatic rings. The molecule has 0 fully saturated rings. The molecule has 2 rings (SSSR count). The Morgan fingerprint density at radius 2 is 1.74 bits per heavy atom. The van der Waals surface area contributed by atoms with Gasteiger partial charge in [0.05, 0.1) is 6.61 Å². The van der Waals surface area contributed by atoms with Crippen LogP contribution in [0.3, 0.4) is 0 Å². The van der Waals surface area contributed by atoms with Gasteiger partial charge in [0.25, 0.3) is 0 Å². The van der Waals surface area contributed by atoms with E-state index in [9.17, 15) is 8.78 Å². The van der Waals surface area contributed by atoms with E-state index < -0.39 is 11.6 Å². The van der Waals surface area contributed by atoms with Gasteiger partial charge in [-0.2, -0.15) is 0 Å². The van der Waals surface area contributed by atoms with Crippen LogP contribution in [0.2, 0.25) is 0 Å².